The number of piperidine rings is 1. The highest BCUT2D eigenvalue weighted by atomic mass is 16.2. The maximum Gasteiger partial charge on any atom is 0.222 e. The average molecular weight is 271 g/mol. The standard InChI is InChI=1S/C16H17NO3/c18-14-8-9-17-13(6-7-16(17)20)12(14)10-15(19)11-4-2-1-3-5-11/h1-5,12-13H,6-10H2. The summed E-state index contributed by atoms with van der Waals surface area (Å²) in [7, 11) is 0. The van der Waals surface area contributed by atoms with E-state index in [9.17, 15) is 14.4 Å². The van der Waals surface area contributed by atoms with Gasteiger partial charge in [0.15, 0.2) is 5.78 Å². The van der Waals surface area contributed by atoms with Gasteiger partial charge in [0.05, 0.1) is 0 Å². The van der Waals surface area contributed by atoms with Crippen molar-refractivity contribution in [3.8, 4) is 0 Å². The van der Waals surface area contributed by atoms with Crippen LogP contribution in [0, 0.1) is 5.92 Å². The van der Waals surface area contributed by atoms with E-state index >= 15 is 0 Å². The summed E-state index contributed by atoms with van der Waals surface area (Å²) in [6.07, 6.45) is 1.82. The molecule has 0 spiro atoms. The van der Waals surface area contributed by atoms with Gasteiger partial charge in [-0.15, -0.1) is 0 Å². The van der Waals surface area contributed by atoms with Crippen LogP contribution in [-0.2, 0) is 9.59 Å². The third-order valence-corrected chi connectivity index (χ3v) is 4.35. The van der Waals surface area contributed by atoms with Crippen LogP contribution in [0.1, 0.15) is 36.0 Å². The minimum atomic E-state index is -0.317. The number of carbonyl (C=O) groups excluding carboxylic acids is 3. The highest BCUT2D eigenvalue weighted by molar-refractivity contribution is 5.99. The molecule has 20 heavy (non-hydrogen) atoms. The predicted octanol–water partition coefficient (Wildman–Crippen LogP) is 1.84. The van der Waals surface area contributed by atoms with Gasteiger partial charge in [0.1, 0.15) is 5.78 Å². The molecule has 2 aliphatic heterocycles. The number of hydrogen-bond donors (Lipinski definition) is 0. The van der Waals surface area contributed by atoms with E-state index in [1.807, 2.05) is 18.2 Å². The Hall–Kier alpha value is -1.97. The quantitative estimate of drug-likeness (QED) is 0.788. The van der Waals surface area contributed by atoms with Crippen LogP contribution < -0.4 is 0 Å². The van der Waals surface area contributed by atoms with Crippen molar-refractivity contribution in [1.29, 1.82) is 0 Å². The SMILES string of the molecule is O=C(CC1C(=O)CCN2C(=O)CCC12)c1ccccc1. The van der Waals surface area contributed by atoms with Crippen molar-refractivity contribution in [3.05, 3.63) is 35.9 Å². The molecule has 2 aliphatic rings. The second kappa shape index (κ2) is 5.19. The number of carbonyl (C=O) groups is 3. The van der Waals surface area contributed by atoms with E-state index in [0.717, 1.165) is 0 Å². The van der Waals surface area contributed by atoms with Crippen molar-refractivity contribution in [2.75, 3.05) is 6.54 Å². The van der Waals surface area contributed by atoms with E-state index in [4.69, 9.17) is 0 Å². The smallest absolute Gasteiger partial charge is 0.222 e. The molecule has 0 N–H and O–H groups in total. The molecule has 2 heterocycles. The molecular weight excluding hydrogens is 254 g/mol. The number of fused-ring (bicyclic) bond motifs is 1. The van der Waals surface area contributed by atoms with Crippen molar-refractivity contribution in [2.45, 2.75) is 31.7 Å². The molecule has 3 rings (SSSR count). The van der Waals surface area contributed by atoms with Gasteiger partial charge in [-0.2, -0.15) is 0 Å². The second-order valence-electron chi connectivity index (χ2n) is 5.51. The predicted molar refractivity (Wildman–Crippen MR) is 73.2 cm³/mol. The van der Waals surface area contributed by atoms with E-state index < -0.39 is 0 Å². The first-order valence-corrected chi connectivity index (χ1v) is 7.07. The van der Waals surface area contributed by atoms with Crippen molar-refractivity contribution < 1.29 is 14.4 Å². The fraction of sp³-hybridized carbons (Fsp3) is 0.438. The zero-order chi connectivity index (χ0) is 14.1. The molecule has 4 heteroatoms. The number of rotatable bonds is 3. The zero-order valence-corrected chi connectivity index (χ0v) is 11.2. The van der Waals surface area contributed by atoms with Crippen LogP contribution in [0.5, 0.6) is 0 Å². The van der Waals surface area contributed by atoms with Gasteiger partial charge >= 0.3 is 0 Å². The summed E-state index contributed by atoms with van der Waals surface area (Å²) >= 11 is 0. The highest BCUT2D eigenvalue weighted by Gasteiger charge is 2.43. The summed E-state index contributed by atoms with van der Waals surface area (Å²) in [6, 6.07) is 8.99. The summed E-state index contributed by atoms with van der Waals surface area (Å²) < 4.78 is 0. The Labute approximate surface area is 117 Å². The fourth-order valence-electron chi connectivity index (χ4n) is 3.29. The number of Topliss-reactive ketones (excluding diaryl/α,β-unsaturated/α-hetero) is 2. The first-order chi connectivity index (χ1) is 9.66. The Morgan fingerprint density at radius 1 is 1.15 bits per heavy atom. The molecule has 1 amide bonds. The highest BCUT2D eigenvalue weighted by Crippen LogP contribution is 2.33. The molecule has 0 bridgehead atoms. The van der Waals surface area contributed by atoms with Crippen LogP contribution >= 0.6 is 0 Å². The summed E-state index contributed by atoms with van der Waals surface area (Å²) in [4.78, 5) is 37.9. The van der Waals surface area contributed by atoms with Crippen LogP contribution in [-0.4, -0.2) is 35.0 Å². The molecule has 2 saturated heterocycles. The fourth-order valence-corrected chi connectivity index (χ4v) is 3.29. The minimum Gasteiger partial charge on any atom is -0.339 e. The zero-order valence-electron chi connectivity index (χ0n) is 11.2. The third-order valence-electron chi connectivity index (χ3n) is 4.35. The van der Waals surface area contributed by atoms with Crippen molar-refractivity contribution in [3.63, 3.8) is 0 Å². The Morgan fingerprint density at radius 3 is 2.65 bits per heavy atom. The van der Waals surface area contributed by atoms with Gasteiger partial charge in [-0.25, -0.2) is 0 Å². The molecule has 2 unspecified atom stereocenters. The molecule has 2 fully saturated rings. The first-order valence-electron chi connectivity index (χ1n) is 7.07. The van der Waals surface area contributed by atoms with Crippen LogP contribution in [0.2, 0.25) is 0 Å². The molecule has 2 atom stereocenters. The molecule has 104 valence electrons. The maximum atomic E-state index is 12.3. The lowest BCUT2D eigenvalue weighted by Gasteiger charge is -2.35. The molecule has 1 aromatic rings. The summed E-state index contributed by atoms with van der Waals surface area (Å²) in [5.74, 6) is -0.0713. The van der Waals surface area contributed by atoms with E-state index in [1.54, 1.807) is 17.0 Å². The van der Waals surface area contributed by atoms with Gasteiger partial charge in [-0.3, -0.25) is 14.4 Å². The second-order valence-corrected chi connectivity index (χ2v) is 5.51. The Bertz CT molecular complexity index is 552. The van der Waals surface area contributed by atoms with Crippen LogP contribution in [0.4, 0.5) is 0 Å². The number of nitrogens with zero attached hydrogens (tertiary/aromatic N) is 1. The van der Waals surface area contributed by atoms with Gasteiger partial charge in [0, 0.05) is 43.3 Å². The Kier molecular flexibility index (Phi) is 3.38. The largest absolute Gasteiger partial charge is 0.339 e. The van der Waals surface area contributed by atoms with Crippen LogP contribution in [0.15, 0.2) is 30.3 Å². The number of benzene rings is 1. The van der Waals surface area contributed by atoms with Gasteiger partial charge in [-0.05, 0) is 6.42 Å². The van der Waals surface area contributed by atoms with E-state index in [0.29, 0.717) is 31.4 Å². The van der Waals surface area contributed by atoms with Crippen LogP contribution in [0.25, 0.3) is 0 Å². The minimum absolute atomic E-state index is 0.00912. The number of amides is 1. The third kappa shape index (κ3) is 2.26. The van der Waals surface area contributed by atoms with Gasteiger partial charge in [-0.1, -0.05) is 30.3 Å². The van der Waals surface area contributed by atoms with E-state index in [-0.39, 0.29) is 35.9 Å². The summed E-state index contributed by atoms with van der Waals surface area (Å²) in [6.45, 7) is 0.526. The lowest BCUT2D eigenvalue weighted by atomic mass is 9.83. The summed E-state index contributed by atoms with van der Waals surface area (Å²) in [5.41, 5.74) is 0.641. The van der Waals surface area contributed by atoms with Crippen molar-refractivity contribution in [2.24, 2.45) is 5.92 Å². The van der Waals surface area contributed by atoms with Gasteiger partial charge in [0.2, 0.25) is 5.91 Å². The monoisotopic (exact) mass is 271 g/mol. The van der Waals surface area contributed by atoms with Gasteiger partial charge in [0.25, 0.3) is 0 Å². The van der Waals surface area contributed by atoms with E-state index in [2.05, 4.69) is 0 Å². The van der Waals surface area contributed by atoms with E-state index in [1.165, 1.54) is 0 Å². The average Bonchev–Trinajstić information content (AvgIpc) is 2.84. The maximum absolute atomic E-state index is 12.3. The molecular formula is C16H17NO3. The van der Waals surface area contributed by atoms with Gasteiger partial charge < -0.3 is 4.90 Å². The lowest BCUT2D eigenvalue weighted by Crippen LogP contribution is -2.48. The number of ketones is 2. The van der Waals surface area contributed by atoms with Crippen LogP contribution in [0.3, 0.4) is 0 Å². The summed E-state index contributed by atoms with van der Waals surface area (Å²) in [5, 5.41) is 0. The van der Waals surface area contributed by atoms with Crippen molar-refractivity contribution >= 4 is 17.5 Å². The Balaban J connectivity index is 1.77. The molecule has 0 aliphatic carbocycles. The Morgan fingerprint density at radius 2 is 1.90 bits per heavy atom. The normalized spacial score (nSPS) is 25.7. The molecule has 0 saturated carbocycles. The molecule has 0 aromatic heterocycles. The molecule has 1 aromatic carbocycles. The van der Waals surface area contributed by atoms with Crippen molar-refractivity contribution in [1.82, 2.24) is 4.90 Å². The lowest BCUT2D eigenvalue weighted by molar-refractivity contribution is -0.136. The topological polar surface area (TPSA) is 54.5 Å². The first kappa shape index (κ1) is 13.0. The molecule has 0 radical (unpaired) electrons. The number of hydrogen-bond acceptors (Lipinski definition) is 3. The molecule has 4 nitrogen and oxygen atoms in total.